The monoisotopic (exact) mass is 486 g/mol. The third-order valence-corrected chi connectivity index (χ3v) is 6.81. The predicted octanol–water partition coefficient (Wildman–Crippen LogP) is 5.01. The molecule has 0 aromatic heterocycles. The summed E-state index contributed by atoms with van der Waals surface area (Å²) in [5.41, 5.74) is 2.13. The van der Waals surface area contributed by atoms with Gasteiger partial charge in [-0.3, -0.25) is 4.90 Å². The van der Waals surface area contributed by atoms with Gasteiger partial charge in [-0.15, -0.1) is 0 Å². The molecule has 3 aromatic carbocycles. The number of rotatable bonds is 8. The summed E-state index contributed by atoms with van der Waals surface area (Å²) in [7, 11) is -1.40. The maximum atomic E-state index is 11.7. The van der Waals surface area contributed by atoms with E-state index in [9.17, 15) is 8.42 Å². The van der Waals surface area contributed by atoms with Crippen molar-refractivity contribution in [1.82, 2.24) is 4.90 Å². The van der Waals surface area contributed by atoms with Crippen molar-refractivity contribution < 1.29 is 17.9 Å². The zero-order valence-electron chi connectivity index (χ0n) is 18.6. The van der Waals surface area contributed by atoms with Gasteiger partial charge in [0.15, 0.2) is 0 Å². The first-order valence-electron chi connectivity index (χ1n) is 10.6. The van der Waals surface area contributed by atoms with E-state index in [1.165, 1.54) is 6.26 Å². The van der Waals surface area contributed by atoms with Gasteiger partial charge in [0.05, 0.1) is 25.6 Å². The van der Waals surface area contributed by atoms with Crippen LogP contribution >= 0.6 is 11.6 Å². The van der Waals surface area contributed by atoms with Crippen LogP contribution in [0.4, 0.5) is 5.69 Å². The van der Waals surface area contributed by atoms with Gasteiger partial charge in [0, 0.05) is 30.1 Å². The zero-order valence-corrected chi connectivity index (χ0v) is 20.2. The van der Waals surface area contributed by atoms with Gasteiger partial charge in [0.25, 0.3) is 0 Å². The number of halogens is 1. The Labute approximate surface area is 200 Å². The molecule has 1 saturated heterocycles. The number of methoxy groups -OCH3 is 1. The summed E-state index contributed by atoms with van der Waals surface area (Å²) in [6.45, 7) is 1.83. The third kappa shape index (κ3) is 6.19. The third-order valence-electron chi connectivity index (χ3n) is 5.63. The number of hydrogen-bond donors (Lipinski definition) is 0. The van der Waals surface area contributed by atoms with E-state index >= 15 is 0 Å². The SMILES string of the molecule is COc1ccc(Oc2cccc(C3CN(CCS(C)(=O)=O)CN3c3ccc(Cl)cc3)c2)cc1. The number of anilines is 1. The average Bonchev–Trinajstić information content (AvgIpc) is 3.23. The van der Waals surface area contributed by atoms with Gasteiger partial charge in [-0.25, -0.2) is 8.42 Å². The summed E-state index contributed by atoms with van der Waals surface area (Å²) in [5.74, 6) is 2.37. The highest BCUT2D eigenvalue weighted by Gasteiger charge is 2.32. The van der Waals surface area contributed by atoms with Crippen LogP contribution in [0.2, 0.25) is 5.02 Å². The van der Waals surface area contributed by atoms with Crippen LogP contribution in [0, 0.1) is 0 Å². The number of ether oxygens (including phenoxy) is 2. The first kappa shape index (κ1) is 23.4. The lowest BCUT2D eigenvalue weighted by Gasteiger charge is -2.26. The Morgan fingerprint density at radius 2 is 1.67 bits per heavy atom. The van der Waals surface area contributed by atoms with Crippen LogP contribution in [-0.2, 0) is 9.84 Å². The highest BCUT2D eigenvalue weighted by Crippen LogP contribution is 2.35. The minimum atomic E-state index is -3.03. The predicted molar refractivity (Wildman–Crippen MR) is 132 cm³/mol. The molecule has 174 valence electrons. The minimum Gasteiger partial charge on any atom is -0.497 e. The molecule has 0 bridgehead atoms. The fraction of sp³-hybridized carbons (Fsp3) is 0.280. The van der Waals surface area contributed by atoms with E-state index in [0.717, 1.165) is 28.5 Å². The molecule has 0 saturated carbocycles. The summed E-state index contributed by atoms with van der Waals surface area (Å²) in [5, 5.41) is 0.679. The molecule has 33 heavy (non-hydrogen) atoms. The largest absolute Gasteiger partial charge is 0.497 e. The van der Waals surface area contributed by atoms with Gasteiger partial charge in [-0.05, 0) is 66.2 Å². The van der Waals surface area contributed by atoms with E-state index < -0.39 is 9.84 Å². The molecule has 1 aliphatic rings. The molecule has 1 atom stereocenters. The summed E-state index contributed by atoms with van der Waals surface area (Å²) < 4.78 is 34.7. The molecule has 0 radical (unpaired) electrons. The first-order chi connectivity index (χ1) is 15.8. The summed E-state index contributed by atoms with van der Waals surface area (Å²) in [6.07, 6.45) is 1.28. The van der Waals surface area contributed by atoms with Crippen molar-refractivity contribution in [3.63, 3.8) is 0 Å². The lowest BCUT2D eigenvalue weighted by molar-refractivity contribution is 0.354. The maximum absolute atomic E-state index is 11.7. The van der Waals surface area contributed by atoms with Gasteiger partial charge < -0.3 is 14.4 Å². The van der Waals surface area contributed by atoms with E-state index in [1.54, 1.807) is 7.11 Å². The van der Waals surface area contributed by atoms with Crippen LogP contribution in [0.5, 0.6) is 17.2 Å². The molecular weight excluding hydrogens is 460 g/mol. The van der Waals surface area contributed by atoms with Crippen molar-refractivity contribution >= 4 is 27.1 Å². The molecule has 8 heteroatoms. The smallest absolute Gasteiger partial charge is 0.148 e. The Hall–Kier alpha value is -2.74. The van der Waals surface area contributed by atoms with Crippen LogP contribution in [0.1, 0.15) is 11.6 Å². The average molecular weight is 487 g/mol. The zero-order chi connectivity index (χ0) is 23.4. The highest BCUT2D eigenvalue weighted by atomic mass is 35.5. The molecule has 1 fully saturated rings. The standard InChI is InChI=1S/C25H27ClN2O4S/c1-31-22-10-12-23(13-11-22)32-24-5-3-4-19(16-24)25-17-27(14-15-33(2,29)30)18-28(25)21-8-6-20(26)7-9-21/h3-13,16,25H,14-15,17-18H2,1-2H3. The first-order valence-corrected chi connectivity index (χ1v) is 13.1. The minimum absolute atomic E-state index is 0.0464. The molecule has 6 nitrogen and oxygen atoms in total. The summed E-state index contributed by atoms with van der Waals surface area (Å²) >= 11 is 6.10. The van der Waals surface area contributed by atoms with Crippen molar-refractivity contribution in [2.45, 2.75) is 6.04 Å². The molecule has 1 heterocycles. The van der Waals surface area contributed by atoms with Gasteiger partial charge in [-0.2, -0.15) is 0 Å². The van der Waals surface area contributed by atoms with E-state index in [2.05, 4.69) is 15.9 Å². The molecule has 0 amide bonds. The number of hydrogen-bond acceptors (Lipinski definition) is 6. The second-order valence-corrected chi connectivity index (χ2v) is 10.9. The van der Waals surface area contributed by atoms with Crippen LogP contribution in [0.15, 0.2) is 72.8 Å². The molecule has 0 spiro atoms. The molecule has 4 rings (SSSR count). The van der Waals surface area contributed by atoms with Crippen molar-refractivity contribution in [3.8, 4) is 17.2 Å². The highest BCUT2D eigenvalue weighted by molar-refractivity contribution is 7.90. The van der Waals surface area contributed by atoms with Crippen LogP contribution in [-0.4, -0.2) is 52.2 Å². The molecular formula is C25H27ClN2O4S. The number of nitrogens with zero attached hydrogens (tertiary/aromatic N) is 2. The van der Waals surface area contributed by atoms with Gasteiger partial charge >= 0.3 is 0 Å². The second kappa shape index (κ2) is 10.0. The molecule has 0 aliphatic carbocycles. The van der Waals surface area contributed by atoms with Crippen molar-refractivity contribution in [2.75, 3.05) is 43.8 Å². The Kier molecular flexibility index (Phi) is 7.12. The Balaban J connectivity index is 1.58. The maximum Gasteiger partial charge on any atom is 0.148 e. The lowest BCUT2D eigenvalue weighted by Crippen LogP contribution is -2.29. The Morgan fingerprint density at radius 1 is 0.970 bits per heavy atom. The summed E-state index contributed by atoms with van der Waals surface area (Å²) in [4.78, 5) is 4.43. The van der Waals surface area contributed by atoms with Gasteiger partial charge in [0.1, 0.15) is 27.1 Å². The fourth-order valence-corrected chi connectivity index (χ4v) is 4.63. The number of benzene rings is 3. The molecule has 1 aliphatic heterocycles. The molecule has 0 N–H and O–H groups in total. The Bertz CT molecular complexity index is 1180. The van der Waals surface area contributed by atoms with E-state index in [1.807, 2.05) is 66.7 Å². The normalized spacial score (nSPS) is 16.7. The quantitative estimate of drug-likeness (QED) is 0.446. The molecule has 1 unspecified atom stereocenters. The molecule has 3 aromatic rings. The topological polar surface area (TPSA) is 59.1 Å². The van der Waals surface area contributed by atoms with E-state index in [-0.39, 0.29) is 11.8 Å². The Morgan fingerprint density at radius 3 is 2.33 bits per heavy atom. The van der Waals surface area contributed by atoms with Crippen molar-refractivity contribution in [2.24, 2.45) is 0 Å². The second-order valence-electron chi connectivity index (χ2n) is 8.16. The van der Waals surface area contributed by atoms with Gasteiger partial charge in [-0.1, -0.05) is 23.7 Å². The fourth-order valence-electron chi connectivity index (χ4n) is 3.92. The van der Waals surface area contributed by atoms with Crippen molar-refractivity contribution in [3.05, 3.63) is 83.4 Å². The van der Waals surface area contributed by atoms with Crippen molar-refractivity contribution in [1.29, 1.82) is 0 Å². The van der Waals surface area contributed by atoms with Crippen LogP contribution in [0.25, 0.3) is 0 Å². The summed E-state index contributed by atoms with van der Waals surface area (Å²) in [6, 6.07) is 23.3. The lowest BCUT2D eigenvalue weighted by atomic mass is 10.1. The van der Waals surface area contributed by atoms with Gasteiger partial charge in [0.2, 0.25) is 0 Å². The van der Waals surface area contributed by atoms with E-state index in [0.29, 0.717) is 24.8 Å². The van der Waals surface area contributed by atoms with E-state index in [4.69, 9.17) is 21.1 Å². The van der Waals surface area contributed by atoms with Crippen LogP contribution < -0.4 is 14.4 Å². The number of sulfone groups is 1. The van der Waals surface area contributed by atoms with Crippen LogP contribution in [0.3, 0.4) is 0 Å².